The Labute approximate surface area is 92.6 Å². The lowest BCUT2D eigenvalue weighted by Gasteiger charge is -2.06. The summed E-state index contributed by atoms with van der Waals surface area (Å²) in [5, 5.41) is 13.9. The number of anilines is 1. The Balaban J connectivity index is 2.37. The highest BCUT2D eigenvalue weighted by Crippen LogP contribution is 2.31. The van der Waals surface area contributed by atoms with Gasteiger partial charge in [0.05, 0.1) is 4.92 Å². The number of nitro benzene ring substituents is 1. The zero-order valence-electron chi connectivity index (χ0n) is 8.90. The number of benzene rings is 1. The molecular weight excluding hydrogens is 208 g/mol. The lowest BCUT2D eigenvalue weighted by atomic mass is 10.1. The fraction of sp³-hybridized carbons (Fsp3) is 0.364. The number of nitrogens with zero attached hydrogens (tertiary/aromatic N) is 1. The van der Waals surface area contributed by atoms with E-state index < -0.39 is 4.92 Å². The van der Waals surface area contributed by atoms with Crippen LogP contribution < -0.4 is 5.32 Å². The van der Waals surface area contributed by atoms with Gasteiger partial charge >= 0.3 is 0 Å². The molecule has 0 atom stereocenters. The topological polar surface area (TPSA) is 72.2 Å². The van der Waals surface area contributed by atoms with Crippen molar-refractivity contribution < 1.29 is 9.72 Å². The van der Waals surface area contributed by atoms with Crippen molar-refractivity contribution in [3.8, 4) is 0 Å². The van der Waals surface area contributed by atoms with Crippen LogP contribution in [0.5, 0.6) is 0 Å². The van der Waals surface area contributed by atoms with Gasteiger partial charge in [0.1, 0.15) is 5.69 Å². The third-order valence-corrected chi connectivity index (χ3v) is 2.54. The lowest BCUT2D eigenvalue weighted by Crippen LogP contribution is -2.05. The van der Waals surface area contributed by atoms with Gasteiger partial charge in [0, 0.05) is 17.7 Å². The molecule has 1 aliphatic carbocycles. The van der Waals surface area contributed by atoms with Crippen LogP contribution in [0.4, 0.5) is 11.4 Å². The van der Waals surface area contributed by atoms with E-state index in [0.717, 1.165) is 12.8 Å². The van der Waals surface area contributed by atoms with Crippen LogP contribution in [0.3, 0.4) is 0 Å². The van der Waals surface area contributed by atoms with Crippen LogP contribution in [-0.4, -0.2) is 16.7 Å². The van der Waals surface area contributed by atoms with Crippen molar-refractivity contribution in [1.29, 1.82) is 0 Å². The molecule has 5 heteroatoms. The number of nitro groups is 1. The molecule has 1 fully saturated rings. The standard InChI is InChI=1S/C11H12N2O3/c1-7(14)8-2-5-11(13(15)16)10(6-8)12-9-3-4-9/h2,5-6,9,12H,3-4H2,1H3. The first kappa shape index (κ1) is 10.6. The van der Waals surface area contributed by atoms with Gasteiger partial charge in [0.25, 0.3) is 5.69 Å². The molecule has 5 nitrogen and oxygen atoms in total. The third kappa shape index (κ3) is 2.18. The molecule has 0 heterocycles. The Hall–Kier alpha value is -1.91. The Kier molecular flexibility index (Phi) is 2.60. The fourth-order valence-corrected chi connectivity index (χ4v) is 1.48. The van der Waals surface area contributed by atoms with Gasteiger partial charge in [-0.25, -0.2) is 0 Å². The maximum atomic E-state index is 11.2. The summed E-state index contributed by atoms with van der Waals surface area (Å²) in [4.78, 5) is 21.5. The van der Waals surface area contributed by atoms with Gasteiger partial charge < -0.3 is 5.32 Å². The van der Waals surface area contributed by atoms with Crippen LogP contribution in [0.25, 0.3) is 0 Å². The van der Waals surface area contributed by atoms with Crippen LogP contribution in [0.15, 0.2) is 18.2 Å². The minimum atomic E-state index is -0.436. The number of hydrogen-bond donors (Lipinski definition) is 1. The highest BCUT2D eigenvalue weighted by molar-refractivity contribution is 5.95. The molecule has 2 rings (SSSR count). The van der Waals surface area contributed by atoms with Gasteiger partial charge in [-0.3, -0.25) is 14.9 Å². The molecule has 0 saturated heterocycles. The molecule has 0 radical (unpaired) electrons. The zero-order chi connectivity index (χ0) is 11.7. The number of rotatable bonds is 4. The molecular formula is C11H12N2O3. The van der Waals surface area contributed by atoms with E-state index >= 15 is 0 Å². The first-order valence-electron chi connectivity index (χ1n) is 5.14. The second kappa shape index (κ2) is 3.92. The Morgan fingerprint density at radius 3 is 2.69 bits per heavy atom. The van der Waals surface area contributed by atoms with Crippen molar-refractivity contribution in [3.63, 3.8) is 0 Å². The number of carbonyl (C=O) groups excluding carboxylic acids is 1. The van der Waals surface area contributed by atoms with Gasteiger partial charge in [-0.1, -0.05) is 0 Å². The molecule has 0 aliphatic heterocycles. The average Bonchev–Trinajstić information content (AvgIpc) is 3.01. The normalized spacial score (nSPS) is 14.6. The van der Waals surface area contributed by atoms with Gasteiger partial charge in [-0.05, 0) is 31.9 Å². The quantitative estimate of drug-likeness (QED) is 0.480. The summed E-state index contributed by atoms with van der Waals surface area (Å²) < 4.78 is 0. The second-order valence-corrected chi connectivity index (χ2v) is 3.96. The van der Waals surface area contributed by atoms with Crippen molar-refractivity contribution in [3.05, 3.63) is 33.9 Å². The smallest absolute Gasteiger partial charge is 0.292 e. The minimum absolute atomic E-state index is 0.0249. The number of carbonyl (C=O) groups is 1. The summed E-state index contributed by atoms with van der Waals surface area (Å²) in [6.45, 7) is 1.45. The van der Waals surface area contributed by atoms with E-state index in [4.69, 9.17) is 0 Å². The molecule has 16 heavy (non-hydrogen) atoms. The monoisotopic (exact) mass is 220 g/mol. The van der Waals surface area contributed by atoms with E-state index in [1.165, 1.54) is 19.1 Å². The fourth-order valence-electron chi connectivity index (χ4n) is 1.48. The van der Waals surface area contributed by atoms with E-state index in [-0.39, 0.29) is 11.5 Å². The van der Waals surface area contributed by atoms with Gasteiger partial charge in [0.2, 0.25) is 0 Å². The molecule has 1 aromatic rings. The van der Waals surface area contributed by atoms with Gasteiger partial charge in [0.15, 0.2) is 5.78 Å². The summed E-state index contributed by atoms with van der Waals surface area (Å²) >= 11 is 0. The maximum absolute atomic E-state index is 11.2. The molecule has 0 aromatic heterocycles. The molecule has 1 saturated carbocycles. The summed E-state index contributed by atoms with van der Waals surface area (Å²) in [7, 11) is 0. The maximum Gasteiger partial charge on any atom is 0.292 e. The van der Waals surface area contributed by atoms with Crippen LogP contribution in [0, 0.1) is 10.1 Å². The lowest BCUT2D eigenvalue weighted by molar-refractivity contribution is -0.384. The summed E-state index contributed by atoms with van der Waals surface area (Å²) in [6.07, 6.45) is 2.06. The van der Waals surface area contributed by atoms with Crippen molar-refractivity contribution in [2.24, 2.45) is 0 Å². The second-order valence-electron chi connectivity index (χ2n) is 3.96. The predicted molar refractivity (Wildman–Crippen MR) is 59.7 cm³/mol. The van der Waals surface area contributed by atoms with Crippen LogP contribution in [-0.2, 0) is 0 Å². The highest BCUT2D eigenvalue weighted by Gasteiger charge is 2.25. The molecule has 0 unspecified atom stereocenters. The van der Waals surface area contributed by atoms with Crippen LogP contribution in [0.1, 0.15) is 30.1 Å². The van der Waals surface area contributed by atoms with Gasteiger partial charge in [-0.15, -0.1) is 0 Å². The van der Waals surface area contributed by atoms with Crippen molar-refractivity contribution in [2.45, 2.75) is 25.8 Å². The molecule has 1 aromatic carbocycles. The molecule has 0 spiro atoms. The summed E-state index contributed by atoms with van der Waals surface area (Å²) in [5.74, 6) is -0.0891. The molecule has 1 N–H and O–H groups in total. The van der Waals surface area contributed by atoms with Crippen LogP contribution in [0.2, 0.25) is 0 Å². The number of Topliss-reactive ketones (excluding diaryl/α,β-unsaturated/α-hetero) is 1. The van der Waals surface area contributed by atoms with E-state index in [1.54, 1.807) is 6.07 Å². The molecule has 84 valence electrons. The number of hydrogen-bond acceptors (Lipinski definition) is 4. The van der Waals surface area contributed by atoms with E-state index in [9.17, 15) is 14.9 Å². The highest BCUT2D eigenvalue weighted by atomic mass is 16.6. The van der Waals surface area contributed by atoms with Crippen molar-refractivity contribution in [1.82, 2.24) is 0 Å². The van der Waals surface area contributed by atoms with Crippen molar-refractivity contribution >= 4 is 17.2 Å². The summed E-state index contributed by atoms with van der Waals surface area (Å²) in [6, 6.07) is 4.74. The van der Waals surface area contributed by atoms with Crippen LogP contribution >= 0.6 is 0 Å². The Bertz CT molecular complexity index is 453. The predicted octanol–water partition coefficient (Wildman–Crippen LogP) is 2.37. The molecule has 0 bridgehead atoms. The largest absolute Gasteiger partial charge is 0.377 e. The number of ketones is 1. The van der Waals surface area contributed by atoms with Gasteiger partial charge in [-0.2, -0.15) is 0 Å². The van der Waals surface area contributed by atoms with E-state index in [1.807, 2.05) is 0 Å². The molecule has 0 amide bonds. The summed E-state index contributed by atoms with van der Waals surface area (Å²) in [5.41, 5.74) is 0.964. The zero-order valence-corrected chi connectivity index (χ0v) is 8.90. The Morgan fingerprint density at radius 2 is 2.19 bits per heavy atom. The SMILES string of the molecule is CC(=O)c1ccc([N+](=O)[O-])c(NC2CC2)c1. The van der Waals surface area contributed by atoms with E-state index in [2.05, 4.69) is 5.32 Å². The van der Waals surface area contributed by atoms with Crippen molar-refractivity contribution in [2.75, 3.05) is 5.32 Å². The minimum Gasteiger partial charge on any atom is -0.377 e. The first-order chi connectivity index (χ1) is 7.58. The first-order valence-corrected chi connectivity index (χ1v) is 5.14. The average molecular weight is 220 g/mol. The van der Waals surface area contributed by atoms with E-state index in [0.29, 0.717) is 17.3 Å². The number of nitrogens with one attached hydrogen (secondary N) is 1. The third-order valence-electron chi connectivity index (χ3n) is 2.54. The Morgan fingerprint density at radius 1 is 1.50 bits per heavy atom. The molecule has 1 aliphatic rings.